The lowest BCUT2D eigenvalue weighted by molar-refractivity contribution is 0.0600. The van der Waals surface area contributed by atoms with E-state index in [1.807, 2.05) is 0 Å². The summed E-state index contributed by atoms with van der Waals surface area (Å²) in [5.74, 6) is -0.464. The Morgan fingerprint density at radius 3 is 2.67 bits per heavy atom. The molecule has 0 bridgehead atoms. The lowest BCUT2D eigenvalue weighted by atomic mass is 10.1. The Bertz CT molecular complexity index is 410. The van der Waals surface area contributed by atoms with Crippen LogP contribution in [0.1, 0.15) is 28.8 Å². The smallest absolute Gasteiger partial charge is 0.339 e. The number of rotatable bonds is 2. The van der Waals surface area contributed by atoms with E-state index in [4.69, 9.17) is 11.6 Å². The van der Waals surface area contributed by atoms with Crippen LogP contribution < -0.4 is 0 Å². The third-order valence-corrected chi connectivity index (χ3v) is 2.95. The maximum Gasteiger partial charge on any atom is 0.339 e. The number of ether oxygens (including phenoxy) is 1. The van der Waals surface area contributed by atoms with Crippen LogP contribution in [0.15, 0.2) is 18.2 Å². The first-order valence-corrected chi connectivity index (χ1v) is 5.05. The van der Waals surface area contributed by atoms with Crippen molar-refractivity contribution in [3.8, 4) is 0 Å². The molecule has 1 aromatic carbocycles. The molecule has 0 saturated heterocycles. The number of benzene rings is 1. The van der Waals surface area contributed by atoms with E-state index >= 15 is 0 Å². The molecule has 0 aliphatic heterocycles. The van der Waals surface area contributed by atoms with Crippen molar-refractivity contribution in [3.63, 3.8) is 0 Å². The van der Waals surface area contributed by atoms with Crippen LogP contribution in [-0.2, 0) is 10.3 Å². The summed E-state index contributed by atoms with van der Waals surface area (Å²) < 4.78 is 4.57. The number of methoxy groups -OCH3 is 1. The molecule has 1 fully saturated rings. The maximum atomic E-state index is 11.2. The van der Waals surface area contributed by atoms with Gasteiger partial charge in [0.05, 0.1) is 23.3 Å². The molecule has 1 saturated carbocycles. The first-order valence-electron chi connectivity index (χ1n) is 4.67. The van der Waals surface area contributed by atoms with Crippen molar-refractivity contribution >= 4 is 17.6 Å². The van der Waals surface area contributed by atoms with Gasteiger partial charge in [-0.05, 0) is 30.5 Å². The van der Waals surface area contributed by atoms with Gasteiger partial charge in [-0.25, -0.2) is 4.79 Å². The lowest BCUT2D eigenvalue weighted by Gasteiger charge is -2.09. The Morgan fingerprint density at radius 2 is 2.20 bits per heavy atom. The molecule has 1 aliphatic rings. The second-order valence-electron chi connectivity index (χ2n) is 3.72. The number of hydrogen-bond acceptors (Lipinski definition) is 3. The average Bonchev–Trinajstić information content (AvgIpc) is 2.96. The molecular weight excluding hydrogens is 216 g/mol. The van der Waals surface area contributed by atoms with Crippen molar-refractivity contribution in [1.29, 1.82) is 0 Å². The summed E-state index contributed by atoms with van der Waals surface area (Å²) >= 11 is 5.92. The SMILES string of the molecule is COC(=O)c1ccc(C2(O)CC2)cc1Cl. The van der Waals surface area contributed by atoms with Crippen LogP contribution in [0.5, 0.6) is 0 Å². The van der Waals surface area contributed by atoms with E-state index in [1.54, 1.807) is 18.2 Å². The van der Waals surface area contributed by atoms with Gasteiger partial charge in [-0.2, -0.15) is 0 Å². The molecule has 1 N–H and O–H groups in total. The van der Waals surface area contributed by atoms with Crippen molar-refractivity contribution in [1.82, 2.24) is 0 Å². The molecule has 0 radical (unpaired) electrons. The molecule has 2 rings (SSSR count). The molecular formula is C11H11ClO3. The monoisotopic (exact) mass is 226 g/mol. The molecule has 0 amide bonds. The van der Waals surface area contributed by atoms with E-state index < -0.39 is 11.6 Å². The van der Waals surface area contributed by atoms with Gasteiger partial charge in [0, 0.05) is 0 Å². The van der Waals surface area contributed by atoms with Crippen molar-refractivity contribution in [2.45, 2.75) is 18.4 Å². The van der Waals surface area contributed by atoms with Crippen LogP contribution in [-0.4, -0.2) is 18.2 Å². The molecule has 1 aromatic rings. The highest BCUT2D eigenvalue weighted by Crippen LogP contribution is 2.45. The first kappa shape index (κ1) is 10.5. The van der Waals surface area contributed by atoms with Crippen molar-refractivity contribution in [2.24, 2.45) is 0 Å². The molecule has 80 valence electrons. The summed E-state index contributed by atoms with van der Waals surface area (Å²) in [4.78, 5) is 11.2. The summed E-state index contributed by atoms with van der Waals surface area (Å²) in [7, 11) is 1.31. The highest BCUT2D eigenvalue weighted by Gasteiger charge is 2.42. The molecule has 4 heteroatoms. The number of esters is 1. The highest BCUT2D eigenvalue weighted by molar-refractivity contribution is 6.33. The first-order chi connectivity index (χ1) is 7.07. The Balaban J connectivity index is 2.35. The topological polar surface area (TPSA) is 46.5 Å². The van der Waals surface area contributed by atoms with E-state index in [0.717, 1.165) is 18.4 Å². The van der Waals surface area contributed by atoms with Crippen molar-refractivity contribution in [3.05, 3.63) is 34.3 Å². The fourth-order valence-corrected chi connectivity index (χ4v) is 1.74. The summed E-state index contributed by atoms with van der Waals surface area (Å²) in [5.41, 5.74) is 0.366. The average molecular weight is 227 g/mol. The van der Waals surface area contributed by atoms with E-state index in [-0.39, 0.29) is 0 Å². The molecule has 0 unspecified atom stereocenters. The Morgan fingerprint density at radius 1 is 1.53 bits per heavy atom. The molecule has 1 aliphatic carbocycles. The van der Waals surface area contributed by atoms with Crippen molar-refractivity contribution < 1.29 is 14.6 Å². The molecule has 0 heterocycles. The summed E-state index contributed by atoms with van der Waals surface area (Å²) in [6, 6.07) is 4.92. The van der Waals surface area contributed by atoms with Gasteiger partial charge in [0.2, 0.25) is 0 Å². The van der Waals surface area contributed by atoms with Gasteiger partial charge in [0.25, 0.3) is 0 Å². The van der Waals surface area contributed by atoms with E-state index in [2.05, 4.69) is 4.74 Å². The fourth-order valence-electron chi connectivity index (χ4n) is 1.49. The third-order valence-electron chi connectivity index (χ3n) is 2.64. The fraction of sp³-hybridized carbons (Fsp3) is 0.364. The minimum absolute atomic E-state index is 0.319. The predicted octanol–water partition coefficient (Wildman–Crippen LogP) is 2.11. The normalized spacial score (nSPS) is 17.3. The largest absolute Gasteiger partial charge is 0.465 e. The van der Waals surface area contributed by atoms with Crippen LogP contribution in [0, 0.1) is 0 Å². The standard InChI is InChI=1S/C11H11ClO3/c1-15-10(13)8-3-2-7(6-9(8)12)11(14)4-5-11/h2-3,6,14H,4-5H2,1H3. The highest BCUT2D eigenvalue weighted by atomic mass is 35.5. The third kappa shape index (κ3) is 1.85. The quantitative estimate of drug-likeness (QED) is 0.786. The number of carbonyl (C=O) groups is 1. The number of aliphatic hydroxyl groups is 1. The second kappa shape index (κ2) is 3.51. The second-order valence-corrected chi connectivity index (χ2v) is 4.12. The van der Waals surface area contributed by atoms with E-state index in [1.165, 1.54) is 7.11 Å². The van der Waals surface area contributed by atoms with Crippen molar-refractivity contribution in [2.75, 3.05) is 7.11 Å². The van der Waals surface area contributed by atoms with Gasteiger partial charge in [-0.1, -0.05) is 17.7 Å². The summed E-state index contributed by atoms with van der Waals surface area (Å²) in [5, 5.41) is 10.2. The minimum atomic E-state index is -0.724. The molecule has 3 nitrogen and oxygen atoms in total. The zero-order chi connectivity index (χ0) is 11.1. The van der Waals surface area contributed by atoms with Gasteiger partial charge in [0.1, 0.15) is 0 Å². The molecule has 0 aromatic heterocycles. The van der Waals surface area contributed by atoms with Gasteiger partial charge >= 0.3 is 5.97 Å². The Hall–Kier alpha value is -1.06. The summed E-state index contributed by atoms with van der Waals surface area (Å²) in [6.45, 7) is 0. The van der Waals surface area contributed by atoms with Gasteiger partial charge in [-0.15, -0.1) is 0 Å². The molecule has 15 heavy (non-hydrogen) atoms. The van der Waals surface area contributed by atoms with Crippen LogP contribution in [0.3, 0.4) is 0 Å². The van der Waals surface area contributed by atoms with E-state index in [9.17, 15) is 9.90 Å². The minimum Gasteiger partial charge on any atom is -0.465 e. The van der Waals surface area contributed by atoms with E-state index in [0.29, 0.717) is 10.6 Å². The van der Waals surface area contributed by atoms with Crippen LogP contribution in [0.2, 0.25) is 5.02 Å². The molecule has 0 spiro atoms. The lowest BCUT2D eigenvalue weighted by Crippen LogP contribution is -2.07. The zero-order valence-electron chi connectivity index (χ0n) is 8.29. The number of hydrogen-bond donors (Lipinski definition) is 1. The van der Waals surface area contributed by atoms with Gasteiger partial charge < -0.3 is 9.84 Å². The van der Waals surface area contributed by atoms with Gasteiger partial charge in [-0.3, -0.25) is 0 Å². The predicted molar refractivity (Wildman–Crippen MR) is 55.9 cm³/mol. The maximum absolute atomic E-state index is 11.2. The van der Waals surface area contributed by atoms with Crippen LogP contribution >= 0.6 is 11.6 Å². The van der Waals surface area contributed by atoms with Gasteiger partial charge in [0.15, 0.2) is 0 Å². The van der Waals surface area contributed by atoms with Crippen LogP contribution in [0.4, 0.5) is 0 Å². The molecule has 0 atom stereocenters. The summed E-state index contributed by atoms with van der Waals surface area (Å²) in [6.07, 6.45) is 1.50. The Kier molecular flexibility index (Phi) is 2.44. The number of carbonyl (C=O) groups excluding carboxylic acids is 1. The zero-order valence-corrected chi connectivity index (χ0v) is 9.04. The number of halogens is 1. The van der Waals surface area contributed by atoms with Crippen LogP contribution in [0.25, 0.3) is 0 Å². The Labute approximate surface area is 92.6 Å².